The predicted octanol–water partition coefficient (Wildman–Crippen LogP) is 3.23. The lowest BCUT2D eigenvalue weighted by Crippen LogP contribution is -2.56. The number of aromatic amines is 1. The SMILES string of the molecule is CC(C)(C)CNC(=O)C(C)(C)NC(=O)Nc1cccc2[nH]ccc12. The molecule has 0 fully saturated rings. The zero-order valence-corrected chi connectivity index (χ0v) is 14.9. The molecular formula is C18H26N4O2. The van der Waals surface area contributed by atoms with E-state index in [1.165, 1.54) is 0 Å². The van der Waals surface area contributed by atoms with E-state index in [2.05, 4.69) is 20.9 Å². The summed E-state index contributed by atoms with van der Waals surface area (Å²) in [5.41, 5.74) is 0.603. The second-order valence-electron chi connectivity index (χ2n) is 7.69. The van der Waals surface area contributed by atoms with Crippen molar-refractivity contribution in [1.29, 1.82) is 0 Å². The maximum absolute atomic E-state index is 12.3. The Morgan fingerprint density at radius 2 is 1.79 bits per heavy atom. The van der Waals surface area contributed by atoms with Gasteiger partial charge in [0, 0.05) is 23.6 Å². The van der Waals surface area contributed by atoms with Crippen LogP contribution in [0, 0.1) is 5.41 Å². The van der Waals surface area contributed by atoms with Crippen LogP contribution in [0.25, 0.3) is 10.9 Å². The van der Waals surface area contributed by atoms with Crippen LogP contribution in [0.2, 0.25) is 0 Å². The number of carbonyl (C=O) groups excluding carboxylic acids is 2. The fraction of sp³-hybridized carbons (Fsp3) is 0.444. The molecule has 3 amide bonds. The molecule has 0 atom stereocenters. The molecule has 2 aromatic rings. The minimum atomic E-state index is -1.01. The van der Waals surface area contributed by atoms with Crippen LogP contribution in [0.1, 0.15) is 34.6 Å². The van der Waals surface area contributed by atoms with Crippen molar-refractivity contribution < 1.29 is 9.59 Å². The molecule has 2 rings (SSSR count). The molecule has 0 aliphatic carbocycles. The average molecular weight is 330 g/mol. The van der Waals surface area contributed by atoms with Gasteiger partial charge in [-0.3, -0.25) is 4.79 Å². The molecule has 0 bridgehead atoms. The van der Waals surface area contributed by atoms with Crippen molar-refractivity contribution >= 4 is 28.5 Å². The number of amides is 3. The van der Waals surface area contributed by atoms with E-state index in [1.807, 2.05) is 51.2 Å². The molecule has 1 aromatic heterocycles. The summed E-state index contributed by atoms with van der Waals surface area (Å²) in [6, 6.07) is 7.09. The van der Waals surface area contributed by atoms with E-state index in [-0.39, 0.29) is 11.3 Å². The highest BCUT2D eigenvalue weighted by Gasteiger charge is 2.30. The van der Waals surface area contributed by atoms with E-state index in [0.29, 0.717) is 12.2 Å². The summed E-state index contributed by atoms with van der Waals surface area (Å²) in [6.45, 7) is 10.0. The number of benzene rings is 1. The van der Waals surface area contributed by atoms with Gasteiger partial charge in [-0.15, -0.1) is 0 Å². The molecule has 4 N–H and O–H groups in total. The Hall–Kier alpha value is -2.50. The number of hydrogen-bond acceptors (Lipinski definition) is 2. The molecule has 1 aromatic carbocycles. The lowest BCUT2D eigenvalue weighted by molar-refractivity contribution is -0.126. The van der Waals surface area contributed by atoms with Crippen molar-refractivity contribution in [2.75, 3.05) is 11.9 Å². The molecule has 6 nitrogen and oxygen atoms in total. The van der Waals surface area contributed by atoms with E-state index in [4.69, 9.17) is 0 Å². The van der Waals surface area contributed by atoms with Crippen molar-refractivity contribution in [2.24, 2.45) is 5.41 Å². The van der Waals surface area contributed by atoms with Gasteiger partial charge in [-0.05, 0) is 37.5 Å². The number of carbonyl (C=O) groups is 2. The van der Waals surface area contributed by atoms with Crippen LogP contribution in [-0.2, 0) is 4.79 Å². The largest absolute Gasteiger partial charge is 0.361 e. The van der Waals surface area contributed by atoms with Crippen molar-refractivity contribution in [2.45, 2.75) is 40.2 Å². The Morgan fingerprint density at radius 3 is 2.46 bits per heavy atom. The summed E-state index contributed by atoms with van der Waals surface area (Å²) in [7, 11) is 0. The van der Waals surface area contributed by atoms with E-state index in [9.17, 15) is 9.59 Å². The maximum atomic E-state index is 12.3. The van der Waals surface area contributed by atoms with Gasteiger partial charge in [-0.2, -0.15) is 0 Å². The molecular weight excluding hydrogens is 304 g/mol. The van der Waals surface area contributed by atoms with E-state index in [0.717, 1.165) is 10.9 Å². The molecule has 24 heavy (non-hydrogen) atoms. The second kappa shape index (κ2) is 6.55. The monoisotopic (exact) mass is 330 g/mol. The lowest BCUT2D eigenvalue weighted by Gasteiger charge is -2.27. The molecule has 0 aliphatic heterocycles. The van der Waals surface area contributed by atoms with E-state index >= 15 is 0 Å². The van der Waals surface area contributed by atoms with Gasteiger partial charge >= 0.3 is 6.03 Å². The highest BCUT2D eigenvalue weighted by Crippen LogP contribution is 2.22. The van der Waals surface area contributed by atoms with Crippen LogP contribution in [0.4, 0.5) is 10.5 Å². The Bertz CT molecular complexity index is 741. The first-order chi connectivity index (χ1) is 11.1. The molecule has 130 valence electrons. The van der Waals surface area contributed by atoms with Gasteiger partial charge in [-0.25, -0.2) is 4.79 Å². The number of fused-ring (bicyclic) bond motifs is 1. The lowest BCUT2D eigenvalue weighted by atomic mass is 9.96. The number of anilines is 1. The third-order valence-electron chi connectivity index (χ3n) is 3.62. The number of nitrogens with one attached hydrogen (secondary N) is 4. The quantitative estimate of drug-likeness (QED) is 0.694. The fourth-order valence-electron chi connectivity index (χ4n) is 2.25. The molecule has 0 saturated heterocycles. The van der Waals surface area contributed by atoms with Crippen molar-refractivity contribution in [3.8, 4) is 0 Å². The molecule has 0 saturated carbocycles. The Morgan fingerprint density at radius 1 is 1.08 bits per heavy atom. The topological polar surface area (TPSA) is 86.0 Å². The number of hydrogen-bond donors (Lipinski definition) is 4. The van der Waals surface area contributed by atoms with Gasteiger partial charge in [0.15, 0.2) is 0 Å². The van der Waals surface area contributed by atoms with Gasteiger partial charge in [0.25, 0.3) is 0 Å². The van der Waals surface area contributed by atoms with Crippen LogP contribution < -0.4 is 16.0 Å². The van der Waals surface area contributed by atoms with Gasteiger partial charge in [0.2, 0.25) is 5.91 Å². The van der Waals surface area contributed by atoms with Crippen LogP contribution in [-0.4, -0.2) is 29.0 Å². The molecule has 0 spiro atoms. The van der Waals surface area contributed by atoms with Gasteiger partial charge in [-0.1, -0.05) is 26.8 Å². The molecule has 0 radical (unpaired) electrons. The van der Waals surface area contributed by atoms with Gasteiger partial charge in [0.1, 0.15) is 5.54 Å². The van der Waals surface area contributed by atoms with Crippen LogP contribution in [0.5, 0.6) is 0 Å². The van der Waals surface area contributed by atoms with Crippen LogP contribution in [0.15, 0.2) is 30.5 Å². The summed E-state index contributed by atoms with van der Waals surface area (Å²) < 4.78 is 0. The Labute approximate surface area is 142 Å². The Balaban J connectivity index is 2.00. The normalized spacial score (nSPS) is 12.0. The molecule has 1 heterocycles. The van der Waals surface area contributed by atoms with Crippen molar-refractivity contribution in [3.05, 3.63) is 30.5 Å². The zero-order chi connectivity index (χ0) is 18.0. The Kier molecular flexibility index (Phi) is 4.87. The first-order valence-corrected chi connectivity index (χ1v) is 8.02. The third kappa shape index (κ3) is 4.50. The summed E-state index contributed by atoms with van der Waals surface area (Å²) in [5, 5.41) is 9.32. The highest BCUT2D eigenvalue weighted by atomic mass is 16.2. The number of H-pyrrole nitrogens is 1. The minimum absolute atomic E-state index is 0.0159. The number of urea groups is 1. The van der Waals surface area contributed by atoms with E-state index in [1.54, 1.807) is 13.8 Å². The second-order valence-corrected chi connectivity index (χ2v) is 7.69. The van der Waals surface area contributed by atoms with Crippen molar-refractivity contribution in [3.63, 3.8) is 0 Å². The minimum Gasteiger partial charge on any atom is -0.361 e. The van der Waals surface area contributed by atoms with Crippen LogP contribution in [0.3, 0.4) is 0 Å². The van der Waals surface area contributed by atoms with Crippen molar-refractivity contribution in [1.82, 2.24) is 15.6 Å². The van der Waals surface area contributed by atoms with Gasteiger partial charge in [0.05, 0.1) is 5.69 Å². The third-order valence-corrected chi connectivity index (χ3v) is 3.62. The summed E-state index contributed by atoms with van der Waals surface area (Å²) >= 11 is 0. The van der Waals surface area contributed by atoms with Gasteiger partial charge < -0.3 is 20.9 Å². The smallest absolute Gasteiger partial charge is 0.320 e. The number of aromatic nitrogens is 1. The predicted molar refractivity (Wildman–Crippen MR) is 97.0 cm³/mol. The first-order valence-electron chi connectivity index (χ1n) is 8.02. The first kappa shape index (κ1) is 17.8. The maximum Gasteiger partial charge on any atom is 0.320 e. The summed E-state index contributed by atoms with van der Waals surface area (Å²) in [5.74, 6) is -0.215. The zero-order valence-electron chi connectivity index (χ0n) is 14.9. The standard InChI is InChI=1S/C18H26N4O2/c1-17(2,3)11-20-15(23)18(4,5)22-16(24)21-14-8-6-7-13-12(14)9-10-19-13/h6-10,19H,11H2,1-5H3,(H,20,23)(H2,21,22,24). The number of rotatable bonds is 4. The molecule has 6 heteroatoms. The summed E-state index contributed by atoms with van der Waals surface area (Å²) in [4.78, 5) is 27.7. The van der Waals surface area contributed by atoms with Crippen LogP contribution >= 0.6 is 0 Å². The molecule has 0 unspecified atom stereocenters. The van der Waals surface area contributed by atoms with E-state index < -0.39 is 11.6 Å². The average Bonchev–Trinajstić information content (AvgIpc) is 2.92. The molecule has 0 aliphatic rings. The fourth-order valence-corrected chi connectivity index (χ4v) is 2.25. The summed E-state index contributed by atoms with van der Waals surface area (Å²) in [6.07, 6.45) is 1.82. The highest BCUT2D eigenvalue weighted by molar-refractivity contribution is 6.02.